The molecule has 0 heterocycles. The minimum atomic E-state index is -0.714. The molecule has 0 amide bonds. The van der Waals surface area contributed by atoms with Gasteiger partial charge >= 0.3 is 0 Å². The van der Waals surface area contributed by atoms with E-state index in [4.69, 9.17) is 14.9 Å². The number of ether oxygens (including phenoxy) is 1. The quantitative estimate of drug-likeness (QED) is 0.509. The third kappa shape index (κ3) is 5.38. The second kappa shape index (κ2) is 8.63. The second-order valence-electron chi connectivity index (χ2n) is 4.34. The van der Waals surface area contributed by atoms with E-state index in [-0.39, 0.29) is 6.61 Å². The number of anilines is 1. The van der Waals surface area contributed by atoms with Gasteiger partial charge in [-0.05, 0) is 18.6 Å². The monoisotopic (exact) mass is 267 g/mol. The Balaban J connectivity index is 2.31. The molecule has 1 rings (SSSR count). The number of likely N-dealkylation sites (N-methyl/N-ethyl adjacent to an activating group) is 1. The Morgan fingerprint density at radius 1 is 1.37 bits per heavy atom. The Morgan fingerprint density at radius 3 is 2.79 bits per heavy atom. The van der Waals surface area contributed by atoms with Gasteiger partial charge in [-0.25, -0.2) is 0 Å². The topological polar surface area (TPSA) is 70.0 Å². The first kappa shape index (κ1) is 15.6. The summed E-state index contributed by atoms with van der Waals surface area (Å²) in [4.78, 5) is 12.9. The number of aliphatic hydroxyl groups excluding tert-OH is 2. The van der Waals surface area contributed by atoms with Gasteiger partial charge in [0.2, 0.25) is 0 Å². The van der Waals surface area contributed by atoms with Gasteiger partial charge in [0, 0.05) is 31.5 Å². The molecule has 5 heteroatoms. The van der Waals surface area contributed by atoms with E-state index < -0.39 is 6.10 Å². The molecule has 0 saturated heterocycles. The first-order chi connectivity index (χ1) is 9.19. The predicted octanol–water partition coefficient (Wildman–Crippen LogP) is 0.695. The molecule has 2 N–H and O–H groups in total. The Hall–Kier alpha value is -1.43. The number of benzene rings is 1. The summed E-state index contributed by atoms with van der Waals surface area (Å²) in [7, 11) is 1.90. The summed E-state index contributed by atoms with van der Waals surface area (Å²) in [6, 6.07) is 7.38. The van der Waals surface area contributed by atoms with Crippen molar-refractivity contribution in [2.45, 2.75) is 12.5 Å². The lowest BCUT2D eigenvalue weighted by Gasteiger charge is -2.20. The lowest BCUT2D eigenvalue weighted by molar-refractivity contribution is 0.0503. The average Bonchev–Trinajstić information content (AvgIpc) is 2.46. The summed E-state index contributed by atoms with van der Waals surface area (Å²) in [5.74, 6) is 0. The molecule has 5 nitrogen and oxygen atoms in total. The van der Waals surface area contributed by atoms with E-state index in [1.54, 1.807) is 6.07 Å². The maximum Gasteiger partial charge on any atom is 0.152 e. The lowest BCUT2D eigenvalue weighted by Crippen LogP contribution is -2.24. The number of aliphatic hydroxyl groups is 2. The summed E-state index contributed by atoms with van der Waals surface area (Å²) in [6.45, 7) is 1.32. The van der Waals surface area contributed by atoms with Gasteiger partial charge < -0.3 is 19.8 Å². The van der Waals surface area contributed by atoms with Gasteiger partial charge in [0.05, 0.1) is 19.3 Å². The van der Waals surface area contributed by atoms with E-state index in [9.17, 15) is 4.79 Å². The Morgan fingerprint density at radius 2 is 2.11 bits per heavy atom. The molecule has 0 radical (unpaired) electrons. The first-order valence-electron chi connectivity index (χ1n) is 6.31. The molecule has 0 saturated carbocycles. The van der Waals surface area contributed by atoms with Gasteiger partial charge in [0.15, 0.2) is 6.29 Å². The number of aldehydes is 1. The molecule has 1 unspecified atom stereocenters. The molecule has 1 aromatic carbocycles. The summed E-state index contributed by atoms with van der Waals surface area (Å²) >= 11 is 0. The fourth-order valence-electron chi connectivity index (χ4n) is 1.67. The molecule has 0 aliphatic carbocycles. The van der Waals surface area contributed by atoms with Crippen LogP contribution in [0, 0.1) is 0 Å². The van der Waals surface area contributed by atoms with Crippen molar-refractivity contribution in [3.05, 3.63) is 29.8 Å². The van der Waals surface area contributed by atoms with E-state index in [0.29, 0.717) is 31.7 Å². The average molecular weight is 267 g/mol. The number of carbonyl (C=O) groups is 1. The standard InChI is InChI=1S/C14H21NO4/c1-15(7-9-19-8-6-13(18)11-17)14-5-3-2-4-12(14)10-16/h2-5,10,13,17-18H,6-9,11H2,1H3. The number of nitrogens with zero attached hydrogens (tertiary/aromatic N) is 1. The van der Waals surface area contributed by atoms with Crippen LogP contribution in [0.2, 0.25) is 0 Å². The molecule has 1 aromatic rings. The normalized spacial score (nSPS) is 12.2. The lowest BCUT2D eigenvalue weighted by atomic mass is 10.2. The Bertz CT molecular complexity index is 383. The minimum absolute atomic E-state index is 0.240. The van der Waals surface area contributed by atoms with Crippen molar-refractivity contribution < 1.29 is 19.7 Å². The largest absolute Gasteiger partial charge is 0.394 e. The number of rotatable bonds is 9. The van der Waals surface area contributed by atoms with Gasteiger partial charge in [-0.15, -0.1) is 0 Å². The zero-order valence-corrected chi connectivity index (χ0v) is 11.2. The number of hydrogen-bond donors (Lipinski definition) is 2. The van der Waals surface area contributed by atoms with Gasteiger partial charge in [-0.3, -0.25) is 4.79 Å². The summed E-state index contributed by atoms with van der Waals surface area (Å²) < 4.78 is 5.37. The fourth-order valence-corrected chi connectivity index (χ4v) is 1.67. The number of para-hydroxylation sites is 1. The van der Waals surface area contributed by atoms with Crippen LogP contribution in [0.3, 0.4) is 0 Å². The molecular formula is C14H21NO4. The Kier molecular flexibility index (Phi) is 7.10. The van der Waals surface area contributed by atoms with Crippen molar-refractivity contribution in [1.29, 1.82) is 0 Å². The summed E-state index contributed by atoms with van der Waals surface area (Å²) in [5.41, 5.74) is 1.53. The minimum Gasteiger partial charge on any atom is -0.394 e. The highest BCUT2D eigenvalue weighted by molar-refractivity contribution is 5.84. The van der Waals surface area contributed by atoms with Crippen molar-refractivity contribution in [3.8, 4) is 0 Å². The van der Waals surface area contributed by atoms with Gasteiger partial charge in [0.25, 0.3) is 0 Å². The maximum atomic E-state index is 10.9. The van der Waals surface area contributed by atoms with Crippen LogP contribution in [0.15, 0.2) is 24.3 Å². The maximum absolute atomic E-state index is 10.9. The van der Waals surface area contributed by atoms with Crippen LogP contribution in [-0.2, 0) is 4.74 Å². The molecule has 1 atom stereocenters. The smallest absolute Gasteiger partial charge is 0.152 e. The van der Waals surface area contributed by atoms with Crippen LogP contribution < -0.4 is 4.90 Å². The van der Waals surface area contributed by atoms with E-state index in [1.807, 2.05) is 30.1 Å². The molecule has 0 aromatic heterocycles. The van der Waals surface area contributed by atoms with E-state index >= 15 is 0 Å². The van der Waals surface area contributed by atoms with Crippen LogP contribution in [0.25, 0.3) is 0 Å². The molecule has 0 aliphatic rings. The Labute approximate surface area is 113 Å². The number of hydrogen-bond acceptors (Lipinski definition) is 5. The third-order valence-electron chi connectivity index (χ3n) is 2.85. The fraction of sp³-hybridized carbons (Fsp3) is 0.500. The zero-order chi connectivity index (χ0) is 14.1. The molecule has 0 bridgehead atoms. The molecule has 19 heavy (non-hydrogen) atoms. The van der Waals surface area contributed by atoms with Crippen LogP contribution in [-0.4, -0.2) is 56.0 Å². The predicted molar refractivity (Wildman–Crippen MR) is 73.6 cm³/mol. The highest BCUT2D eigenvalue weighted by atomic mass is 16.5. The van der Waals surface area contributed by atoms with Crippen LogP contribution >= 0.6 is 0 Å². The van der Waals surface area contributed by atoms with E-state index in [1.165, 1.54) is 0 Å². The van der Waals surface area contributed by atoms with Gasteiger partial charge in [0.1, 0.15) is 0 Å². The van der Waals surface area contributed by atoms with Crippen molar-refractivity contribution in [2.75, 3.05) is 38.3 Å². The SMILES string of the molecule is CN(CCOCCC(O)CO)c1ccccc1C=O. The van der Waals surface area contributed by atoms with Crippen molar-refractivity contribution in [2.24, 2.45) is 0 Å². The molecule has 0 fully saturated rings. The summed E-state index contributed by atoms with van der Waals surface area (Å²) in [5, 5.41) is 17.8. The van der Waals surface area contributed by atoms with Gasteiger partial charge in [-0.1, -0.05) is 12.1 Å². The van der Waals surface area contributed by atoms with Gasteiger partial charge in [-0.2, -0.15) is 0 Å². The van der Waals surface area contributed by atoms with E-state index in [0.717, 1.165) is 12.0 Å². The second-order valence-corrected chi connectivity index (χ2v) is 4.34. The van der Waals surface area contributed by atoms with E-state index in [2.05, 4.69) is 0 Å². The number of carbonyl (C=O) groups excluding carboxylic acids is 1. The zero-order valence-electron chi connectivity index (χ0n) is 11.2. The summed E-state index contributed by atoms with van der Waals surface area (Å²) in [6.07, 6.45) is 0.545. The van der Waals surface area contributed by atoms with Crippen LogP contribution in [0.4, 0.5) is 5.69 Å². The van der Waals surface area contributed by atoms with Crippen molar-refractivity contribution in [1.82, 2.24) is 0 Å². The molecule has 0 spiro atoms. The van der Waals surface area contributed by atoms with Crippen LogP contribution in [0.5, 0.6) is 0 Å². The molecule has 106 valence electrons. The highest BCUT2D eigenvalue weighted by Gasteiger charge is 2.06. The van der Waals surface area contributed by atoms with Crippen molar-refractivity contribution >= 4 is 12.0 Å². The first-order valence-corrected chi connectivity index (χ1v) is 6.31. The van der Waals surface area contributed by atoms with Crippen LogP contribution in [0.1, 0.15) is 16.8 Å². The highest BCUT2D eigenvalue weighted by Crippen LogP contribution is 2.16. The molecular weight excluding hydrogens is 246 g/mol. The van der Waals surface area contributed by atoms with Crippen molar-refractivity contribution in [3.63, 3.8) is 0 Å². The molecule has 0 aliphatic heterocycles. The third-order valence-corrected chi connectivity index (χ3v) is 2.85.